The zero-order chi connectivity index (χ0) is 18.5. The fraction of sp³-hybridized carbons (Fsp3) is 0.500. The fourth-order valence-electron chi connectivity index (χ4n) is 3.65. The summed E-state index contributed by atoms with van der Waals surface area (Å²) in [6.45, 7) is 9.31. The predicted octanol–water partition coefficient (Wildman–Crippen LogP) is 4.96. The van der Waals surface area contributed by atoms with Crippen molar-refractivity contribution in [2.45, 2.75) is 52.6 Å². The Morgan fingerprint density at radius 1 is 1.19 bits per heavy atom. The molecule has 4 heteroatoms. The van der Waals surface area contributed by atoms with Crippen LogP contribution in [0.5, 0.6) is 0 Å². The maximum absolute atomic E-state index is 12.9. The van der Waals surface area contributed by atoms with E-state index in [0.29, 0.717) is 6.04 Å². The molecule has 1 amide bonds. The molecule has 1 fully saturated rings. The van der Waals surface area contributed by atoms with E-state index in [1.807, 2.05) is 25.2 Å². The molecule has 0 N–H and O–H groups in total. The highest BCUT2D eigenvalue weighted by atomic mass is 32.1. The molecule has 26 heavy (non-hydrogen) atoms. The standard InChI is InChI=1S/C22H30N2OS/c1-4-18-7-9-19(10-8-18)24(22(25)17(2)3)20-11-13-23(14-12-20)16-21-6-5-15-26-21/h5-10,15,17,20H,4,11-14,16H2,1-3H3. The number of aryl methyl sites for hydroxylation is 1. The Kier molecular flexibility index (Phi) is 6.49. The van der Waals surface area contributed by atoms with Gasteiger partial charge in [-0.2, -0.15) is 0 Å². The number of carbonyl (C=O) groups excluding carboxylic acids is 1. The van der Waals surface area contributed by atoms with Crippen molar-refractivity contribution >= 4 is 22.9 Å². The van der Waals surface area contributed by atoms with Crippen LogP contribution in [0.25, 0.3) is 0 Å². The van der Waals surface area contributed by atoms with Crippen LogP contribution in [-0.4, -0.2) is 29.9 Å². The Morgan fingerprint density at radius 3 is 2.42 bits per heavy atom. The molecule has 1 aliphatic heterocycles. The molecule has 0 saturated carbocycles. The lowest BCUT2D eigenvalue weighted by Gasteiger charge is -2.39. The number of piperidine rings is 1. The third-order valence-electron chi connectivity index (χ3n) is 5.24. The first-order valence-electron chi connectivity index (χ1n) is 9.75. The first kappa shape index (κ1) is 19.1. The van der Waals surface area contributed by atoms with Gasteiger partial charge in [0.05, 0.1) is 0 Å². The minimum atomic E-state index is 0.0185. The summed E-state index contributed by atoms with van der Waals surface area (Å²) >= 11 is 1.83. The number of nitrogens with zero attached hydrogens (tertiary/aromatic N) is 2. The average Bonchev–Trinajstić information content (AvgIpc) is 3.17. The Balaban J connectivity index is 1.70. The zero-order valence-electron chi connectivity index (χ0n) is 16.1. The first-order valence-corrected chi connectivity index (χ1v) is 10.6. The monoisotopic (exact) mass is 370 g/mol. The summed E-state index contributed by atoms with van der Waals surface area (Å²) in [4.78, 5) is 19.0. The summed E-state index contributed by atoms with van der Waals surface area (Å²) in [5.41, 5.74) is 2.37. The van der Waals surface area contributed by atoms with Crippen molar-refractivity contribution in [2.24, 2.45) is 5.92 Å². The van der Waals surface area contributed by atoms with E-state index >= 15 is 0 Å². The molecule has 0 bridgehead atoms. The highest BCUT2D eigenvalue weighted by Gasteiger charge is 2.30. The molecule has 0 atom stereocenters. The smallest absolute Gasteiger partial charge is 0.229 e. The normalized spacial score (nSPS) is 16.2. The number of anilines is 1. The van der Waals surface area contributed by atoms with Crippen molar-refractivity contribution in [3.05, 3.63) is 52.2 Å². The minimum absolute atomic E-state index is 0.0185. The van der Waals surface area contributed by atoms with E-state index in [1.165, 1.54) is 10.4 Å². The third kappa shape index (κ3) is 4.54. The van der Waals surface area contributed by atoms with Crippen molar-refractivity contribution in [1.82, 2.24) is 4.90 Å². The van der Waals surface area contributed by atoms with Gasteiger partial charge in [0.25, 0.3) is 0 Å². The summed E-state index contributed by atoms with van der Waals surface area (Å²) in [5.74, 6) is 0.260. The number of hydrogen-bond donors (Lipinski definition) is 0. The molecule has 0 spiro atoms. The number of likely N-dealkylation sites (tertiary alicyclic amines) is 1. The van der Waals surface area contributed by atoms with Crippen LogP contribution in [0.2, 0.25) is 0 Å². The Hall–Kier alpha value is -1.65. The molecule has 3 rings (SSSR count). The summed E-state index contributed by atoms with van der Waals surface area (Å²) in [6.07, 6.45) is 3.11. The molecule has 0 radical (unpaired) electrons. The highest BCUT2D eigenvalue weighted by molar-refractivity contribution is 7.09. The van der Waals surface area contributed by atoms with Crippen LogP contribution in [0.4, 0.5) is 5.69 Å². The van der Waals surface area contributed by atoms with Gasteiger partial charge in [0.15, 0.2) is 0 Å². The van der Waals surface area contributed by atoms with Gasteiger partial charge in [-0.15, -0.1) is 11.3 Å². The van der Waals surface area contributed by atoms with Crippen LogP contribution < -0.4 is 4.90 Å². The zero-order valence-corrected chi connectivity index (χ0v) is 17.0. The van der Waals surface area contributed by atoms with Gasteiger partial charge in [-0.25, -0.2) is 0 Å². The summed E-state index contributed by atoms with van der Waals surface area (Å²) < 4.78 is 0. The van der Waals surface area contributed by atoms with E-state index in [-0.39, 0.29) is 11.8 Å². The summed E-state index contributed by atoms with van der Waals surface area (Å²) in [5, 5.41) is 2.14. The van der Waals surface area contributed by atoms with Crippen LogP contribution in [-0.2, 0) is 17.8 Å². The third-order valence-corrected chi connectivity index (χ3v) is 6.10. The van der Waals surface area contributed by atoms with E-state index in [2.05, 4.69) is 58.5 Å². The van der Waals surface area contributed by atoms with E-state index in [0.717, 1.165) is 44.6 Å². The Labute approximate surface area is 161 Å². The molecule has 1 aromatic carbocycles. The van der Waals surface area contributed by atoms with Crippen molar-refractivity contribution in [3.63, 3.8) is 0 Å². The predicted molar refractivity (Wildman–Crippen MR) is 111 cm³/mol. The maximum Gasteiger partial charge on any atom is 0.229 e. The number of amides is 1. The molecule has 3 nitrogen and oxygen atoms in total. The Morgan fingerprint density at radius 2 is 1.88 bits per heavy atom. The van der Waals surface area contributed by atoms with Crippen LogP contribution in [0, 0.1) is 5.92 Å². The summed E-state index contributed by atoms with van der Waals surface area (Å²) in [6, 6.07) is 13.2. The quantitative estimate of drug-likeness (QED) is 0.717. The summed E-state index contributed by atoms with van der Waals surface area (Å²) in [7, 11) is 0. The first-order chi connectivity index (χ1) is 12.6. The molecule has 0 unspecified atom stereocenters. The minimum Gasteiger partial charge on any atom is -0.309 e. The van der Waals surface area contributed by atoms with E-state index in [9.17, 15) is 4.79 Å². The van der Waals surface area contributed by atoms with Crippen LogP contribution in [0.15, 0.2) is 41.8 Å². The van der Waals surface area contributed by atoms with Gasteiger partial charge in [-0.3, -0.25) is 9.69 Å². The number of benzene rings is 1. The van der Waals surface area contributed by atoms with Crippen LogP contribution in [0.3, 0.4) is 0 Å². The number of rotatable bonds is 6. The van der Waals surface area contributed by atoms with E-state index < -0.39 is 0 Å². The van der Waals surface area contributed by atoms with Gasteiger partial charge in [0.2, 0.25) is 5.91 Å². The maximum atomic E-state index is 12.9. The molecule has 1 saturated heterocycles. The van der Waals surface area contributed by atoms with Crippen molar-refractivity contribution < 1.29 is 4.79 Å². The Bertz CT molecular complexity index is 685. The van der Waals surface area contributed by atoms with Gasteiger partial charge in [-0.1, -0.05) is 39.0 Å². The molecule has 140 valence electrons. The van der Waals surface area contributed by atoms with Gasteiger partial charge >= 0.3 is 0 Å². The molecule has 1 aromatic heterocycles. The largest absolute Gasteiger partial charge is 0.309 e. The molecular formula is C22H30N2OS. The molecular weight excluding hydrogens is 340 g/mol. The number of hydrogen-bond acceptors (Lipinski definition) is 3. The van der Waals surface area contributed by atoms with Crippen molar-refractivity contribution in [2.75, 3.05) is 18.0 Å². The molecule has 2 aromatic rings. The second kappa shape index (κ2) is 8.83. The van der Waals surface area contributed by atoms with Crippen LogP contribution >= 0.6 is 11.3 Å². The van der Waals surface area contributed by atoms with Gasteiger partial charge in [0, 0.05) is 42.2 Å². The number of thiophene rings is 1. The lowest BCUT2D eigenvalue weighted by Crippen LogP contribution is -2.48. The van der Waals surface area contributed by atoms with Gasteiger partial charge < -0.3 is 4.90 Å². The lowest BCUT2D eigenvalue weighted by molar-refractivity contribution is -0.122. The van der Waals surface area contributed by atoms with Crippen LogP contribution in [0.1, 0.15) is 44.1 Å². The van der Waals surface area contributed by atoms with Crippen molar-refractivity contribution in [3.8, 4) is 0 Å². The highest BCUT2D eigenvalue weighted by Crippen LogP contribution is 2.27. The van der Waals surface area contributed by atoms with Crippen molar-refractivity contribution in [1.29, 1.82) is 0 Å². The molecule has 2 heterocycles. The van der Waals surface area contributed by atoms with E-state index in [1.54, 1.807) is 0 Å². The SMILES string of the molecule is CCc1ccc(N(C(=O)C(C)C)C2CCN(Cc3cccs3)CC2)cc1. The topological polar surface area (TPSA) is 23.6 Å². The second-order valence-electron chi connectivity index (χ2n) is 7.47. The van der Waals surface area contributed by atoms with Gasteiger partial charge in [0.1, 0.15) is 0 Å². The van der Waals surface area contributed by atoms with Gasteiger partial charge in [-0.05, 0) is 48.4 Å². The van der Waals surface area contributed by atoms with E-state index in [4.69, 9.17) is 0 Å². The molecule has 0 aliphatic carbocycles. The average molecular weight is 371 g/mol. The fourth-order valence-corrected chi connectivity index (χ4v) is 4.39. The number of carbonyl (C=O) groups is 1. The lowest BCUT2D eigenvalue weighted by atomic mass is 9.99. The second-order valence-corrected chi connectivity index (χ2v) is 8.50. The molecule has 1 aliphatic rings.